The summed E-state index contributed by atoms with van der Waals surface area (Å²) in [5.74, 6) is -7.33. The summed E-state index contributed by atoms with van der Waals surface area (Å²) in [6.07, 6.45) is 2.57. The van der Waals surface area contributed by atoms with Crippen molar-refractivity contribution < 1.29 is 74.8 Å². The van der Waals surface area contributed by atoms with Gasteiger partial charge in [0.05, 0.1) is 50.2 Å². The molecule has 0 saturated heterocycles. The normalized spacial score (nSPS) is 13.0. The average molecular weight is 867 g/mol. The summed E-state index contributed by atoms with van der Waals surface area (Å²) in [7, 11) is 2.47. The van der Waals surface area contributed by atoms with Crippen molar-refractivity contribution in [2.45, 2.75) is 87.0 Å². The number of carbonyl (C=O) groups is 7. The van der Waals surface area contributed by atoms with Gasteiger partial charge in [-0.05, 0) is 69.4 Å². The zero-order valence-electron chi connectivity index (χ0n) is 36.0. The topological polar surface area (TPSA) is 204 Å². The van der Waals surface area contributed by atoms with Gasteiger partial charge in [0.15, 0.2) is 6.29 Å². The number of benzene rings is 2. The maximum Gasteiger partial charge on any atom is 0.336 e. The molecule has 0 amide bonds. The lowest BCUT2D eigenvalue weighted by Gasteiger charge is -2.32. The highest BCUT2D eigenvalue weighted by molar-refractivity contribution is 6.00. The fraction of sp³-hybridized carbons (Fsp3) is 0.419. The first-order valence-corrected chi connectivity index (χ1v) is 18.9. The van der Waals surface area contributed by atoms with Crippen molar-refractivity contribution in [2.24, 2.45) is 5.73 Å². The summed E-state index contributed by atoms with van der Waals surface area (Å²) in [6, 6.07) is 3.64. The molecule has 0 fully saturated rings. The van der Waals surface area contributed by atoms with Gasteiger partial charge in [0, 0.05) is 48.5 Å². The van der Waals surface area contributed by atoms with Crippen LogP contribution in [0.15, 0.2) is 58.6 Å². The predicted molar refractivity (Wildman–Crippen MR) is 214 cm³/mol. The van der Waals surface area contributed by atoms with Gasteiger partial charge in [0.25, 0.3) is 0 Å². The Labute approximate surface area is 352 Å². The van der Waals surface area contributed by atoms with Crippen molar-refractivity contribution in [3.63, 3.8) is 0 Å². The number of nitrogens with one attached hydrogen (secondary N) is 1. The standard InChI is InChI=1S/C22H25F2NO6.C9H8F2O.C7H12O3.C5H9NO2/c1-6-14-15(8-13(23)9-16(14)24)19-18(21(27)29-5)11(3)25-17(10-31-12(4)26)20(19)22(28)30-7-2;1-2-8-6(5-12)3-7(10)4-9(8)11;1-3-6(8)5-7(9)10-4-2;1-4(6)3-5(7)8-2/h8-9,19,25H,6-7,10H2,1-5H3;3-5H,2H2,1H3;3-5H2,1-2H3;3H,6H2,1-2H3/b;;;4-3-. The summed E-state index contributed by atoms with van der Waals surface area (Å²) in [5.41, 5.74) is 6.52. The molecule has 0 saturated carbocycles. The Balaban J connectivity index is 0.000000972. The molecule has 18 heteroatoms. The number of carbonyl (C=O) groups excluding carboxylic acids is 7. The van der Waals surface area contributed by atoms with Crippen molar-refractivity contribution >= 4 is 41.9 Å². The molecule has 0 aromatic heterocycles. The second-order valence-electron chi connectivity index (χ2n) is 12.5. The van der Waals surface area contributed by atoms with Gasteiger partial charge in [-0.3, -0.25) is 19.2 Å². The van der Waals surface area contributed by atoms with E-state index in [1.165, 1.54) is 20.1 Å². The van der Waals surface area contributed by atoms with E-state index in [0.717, 1.165) is 31.4 Å². The largest absolute Gasteiger partial charge is 0.466 e. The third-order valence-electron chi connectivity index (χ3n) is 8.09. The number of rotatable bonds is 14. The van der Waals surface area contributed by atoms with Crippen LogP contribution >= 0.6 is 0 Å². The average Bonchev–Trinajstić information content (AvgIpc) is 3.19. The van der Waals surface area contributed by atoms with Crippen molar-refractivity contribution in [3.05, 3.63) is 104 Å². The summed E-state index contributed by atoms with van der Waals surface area (Å²) in [6.45, 7) is 12.8. The first kappa shape index (κ1) is 54.7. The van der Waals surface area contributed by atoms with Gasteiger partial charge in [-0.25, -0.2) is 31.9 Å². The van der Waals surface area contributed by atoms with Crippen LogP contribution in [0.4, 0.5) is 17.6 Å². The molecule has 2 aromatic carbocycles. The molecule has 1 aliphatic heterocycles. The summed E-state index contributed by atoms with van der Waals surface area (Å²) in [4.78, 5) is 78.7. The molecule has 2 aromatic rings. The van der Waals surface area contributed by atoms with Crippen LogP contribution in [0.25, 0.3) is 0 Å². The molecular formula is C43H54F4N2O12. The molecular weight excluding hydrogens is 812 g/mol. The van der Waals surface area contributed by atoms with E-state index in [1.54, 1.807) is 48.5 Å². The lowest BCUT2D eigenvalue weighted by atomic mass is 9.78. The number of hydrogen-bond acceptors (Lipinski definition) is 14. The van der Waals surface area contributed by atoms with Crippen molar-refractivity contribution in [3.8, 4) is 0 Å². The van der Waals surface area contributed by atoms with Gasteiger partial charge in [-0.2, -0.15) is 0 Å². The minimum Gasteiger partial charge on any atom is -0.466 e. The van der Waals surface area contributed by atoms with E-state index in [1.807, 2.05) is 0 Å². The van der Waals surface area contributed by atoms with E-state index < -0.39 is 59.0 Å². The Kier molecular flexibility index (Phi) is 25.3. The minimum atomic E-state index is -1.20. The van der Waals surface area contributed by atoms with Gasteiger partial charge in [0.2, 0.25) is 0 Å². The van der Waals surface area contributed by atoms with Crippen LogP contribution < -0.4 is 11.1 Å². The fourth-order valence-electron chi connectivity index (χ4n) is 5.42. The van der Waals surface area contributed by atoms with E-state index in [0.29, 0.717) is 37.1 Å². The highest BCUT2D eigenvalue weighted by atomic mass is 19.1. The lowest BCUT2D eigenvalue weighted by Crippen LogP contribution is -2.35. The van der Waals surface area contributed by atoms with Crippen LogP contribution in [-0.2, 0) is 65.3 Å². The molecule has 1 aliphatic rings. The van der Waals surface area contributed by atoms with E-state index in [2.05, 4.69) is 14.8 Å². The molecule has 14 nitrogen and oxygen atoms in total. The van der Waals surface area contributed by atoms with Crippen LogP contribution in [0.5, 0.6) is 0 Å². The smallest absolute Gasteiger partial charge is 0.336 e. The number of Topliss-reactive ketones (excluding diaryl/α,β-unsaturated/α-hetero) is 1. The highest BCUT2D eigenvalue weighted by Gasteiger charge is 2.40. The number of nitrogens with two attached hydrogens (primary N) is 1. The third-order valence-corrected chi connectivity index (χ3v) is 8.09. The van der Waals surface area contributed by atoms with Gasteiger partial charge < -0.3 is 34.7 Å². The van der Waals surface area contributed by atoms with Gasteiger partial charge >= 0.3 is 29.8 Å². The maximum atomic E-state index is 14.6. The molecule has 61 heavy (non-hydrogen) atoms. The Bertz CT molecular complexity index is 1990. The zero-order chi connectivity index (χ0) is 47.0. The Morgan fingerprint density at radius 1 is 0.754 bits per heavy atom. The van der Waals surface area contributed by atoms with E-state index in [9.17, 15) is 51.1 Å². The number of halogens is 4. The molecule has 0 aliphatic carbocycles. The Morgan fingerprint density at radius 3 is 1.75 bits per heavy atom. The summed E-state index contributed by atoms with van der Waals surface area (Å²) < 4.78 is 78.2. The number of hydrogen-bond donors (Lipinski definition) is 2. The number of ether oxygens (including phenoxy) is 5. The van der Waals surface area contributed by atoms with E-state index in [4.69, 9.17) is 19.9 Å². The third kappa shape index (κ3) is 18.2. The molecule has 0 bridgehead atoms. The maximum absolute atomic E-state index is 14.6. The summed E-state index contributed by atoms with van der Waals surface area (Å²) >= 11 is 0. The monoisotopic (exact) mass is 866 g/mol. The molecule has 1 unspecified atom stereocenters. The van der Waals surface area contributed by atoms with Crippen LogP contribution in [0.2, 0.25) is 0 Å². The van der Waals surface area contributed by atoms with Crippen molar-refractivity contribution in [1.29, 1.82) is 0 Å². The van der Waals surface area contributed by atoms with Gasteiger partial charge in [-0.15, -0.1) is 0 Å². The molecule has 336 valence electrons. The van der Waals surface area contributed by atoms with E-state index >= 15 is 0 Å². The van der Waals surface area contributed by atoms with Crippen LogP contribution in [0, 0.1) is 23.3 Å². The second kappa shape index (κ2) is 28.2. The van der Waals surface area contributed by atoms with Gasteiger partial charge in [0.1, 0.15) is 42.1 Å². The molecule has 3 N–H and O–H groups in total. The zero-order valence-corrected chi connectivity index (χ0v) is 36.0. The quantitative estimate of drug-likeness (QED) is 0.0533. The number of dihydropyridines is 1. The Hall–Kier alpha value is -6.33. The summed E-state index contributed by atoms with van der Waals surface area (Å²) in [5, 5.41) is 2.89. The van der Waals surface area contributed by atoms with Crippen LogP contribution in [0.1, 0.15) is 101 Å². The molecule has 3 rings (SSSR count). The van der Waals surface area contributed by atoms with E-state index in [-0.39, 0.29) is 70.9 Å². The van der Waals surface area contributed by atoms with Crippen molar-refractivity contribution in [2.75, 3.05) is 34.0 Å². The van der Waals surface area contributed by atoms with Crippen LogP contribution in [0.3, 0.4) is 0 Å². The minimum absolute atomic E-state index is 0.00294. The number of methoxy groups -OCH3 is 2. The second-order valence-corrected chi connectivity index (χ2v) is 12.5. The number of aldehydes is 1. The predicted octanol–water partition coefficient (Wildman–Crippen LogP) is 6.32. The molecule has 1 atom stereocenters. The first-order valence-electron chi connectivity index (χ1n) is 18.9. The Morgan fingerprint density at radius 2 is 1.31 bits per heavy atom. The van der Waals surface area contributed by atoms with Gasteiger partial charge in [-0.1, -0.05) is 20.8 Å². The molecule has 0 radical (unpaired) electrons. The SMILES string of the molecule is CCOC(=O)C1=C(COC(C)=O)NC(C)=C(C(=O)OC)C1c1cc(F)cc(F)c1CC.CCOC(=O)CC(=O)CC.CCc1c(F)cc(F)cc1C=O.COC(=O)/C=C(/C)N. The molecule has 0 spiro atoms. The number of ketones is 1. The first-order chi connectivity index (χ1) is 28.7. The van der Waals surface area contributed by atoms with Crippen molar-refractivity contribution in [1.82, 2.24) is 5.32 Å². The highest BCUT2D eigenvalue weighted by Crippen LogP contribution is 2.41. The number of allylic oxidation sites excluding steroid dienone is 2. The van der Waals surface area contributed by atoms with Crippen LogP contribution in [-0.4, -0.2) is 76.0 Å². The fourth-order valence-corrected chi connectivity index (χ4v) is 5.42. The lowest BCUT2D eigenvalue weighted by molar-refractivity contribution is -0.146. The molecule has 1 heterocycles. The number of esters is 5.